The normalized spacial score (nSPS) is 24.0. The molecular formula is C30H28F3N3O5S. The van der Waals surface area contributed by atoms with Gasteiger partial charge in [0.15, 0.2) is 5.69 Å². The monoisotopic (exact) mass is 599 g/mol. The molecular weight excluding hydrogens is 571 g/mol. The van der Waals surface area contributed by atoms with Crippen molar-refractivity contribution in [1.29, 1.82) is 0 Å². The van der Waals surface area contributed by atoms with Gasteiger partial charge >= 0.3 is 12.3 Å². The molecule has 220 valence electrons. The van der Waals surface area contributed by atoms with Crippen LogP contribution in [0.25, 0.3) is 21.3 Å². The van der Waals surface area contributed by atoms with E-state index in [0.717, 1.165) is 42.5 Å². The van der Waals surface area contributed by atoms with Gasteiger partial charge in [-0.05, 0) is 79.9 Å². The third kappa shape index (κ3) is 5.00. The van der Waals surface area contributed by atoms with E-state index in [1.807, 2.05) is 18.2 Å². The maximum Gasteiger partial charge on any atom is 0.573 e. The number of alkyl halides is 3. The zero-order valence-corrected chi connectivity index (χ0v) is 23.5. The van der Waals surface area contributed by atoms with Crippen LogP contribution in [0.2, 0.25) is 0 Å². The lowest BCUT2D eigenvalue weighted by atomic mass is 9.96. The summed E-state index contributed by atoms with van der Waals surface area (Å²) in [7, 11) is 0. The number of fused-ring (bicyclic) bond motifs is 3. The van der Waals surface area contributed by atoms with Crippen molar-refractivity contribution in [3.63, 3.8) is 0 Å². The molecule has 4 heterocycles. The number of hydrogen-bond acceptors (Lipinski definition) is 8. The van der Waals surface area contributed by atoms with Crippen LogP contribution in [0.1, 0.15) is 66.8 Å². The zero-order valence-electron chi connectivity index (χ0n) is 22.6. The van der Waals surface area contributed by atoms with Gasteiger partial charge in [0, 0.05) is 40.2 Å². The topological polar surface area (TPSA) is 97.9 Å². The maximum atomic E-state index is 13.1. The van der Waals surface area contributed by atoms with Crippen molar-refractivity contribution in [3.8, 4) is 17.0 Å². The van der Waals surface area contributed by atoms with E-state index in [0.29, 0.717) is 28.3 Å². The molecule has 2 saturated heterocycles. The summed E-state index contributed by atoms with van der Waals surface area (Å²) in [6.07, 6.45) is -0.367. The molecule has 7 rings (SSSR count). The van der Waals surface area contributed by atoms with Gasteiger partial charge in [-0.3, -0.25) is 0 Å². The molecule has 0 amide bonds. The third-order valence-electron chi connectivity index (χ3n) is 8.65. The first-order valence-corrected chi connectivity index (χ1v) is 14.8. The second kappa shape index (κ2) is 10.3. The van der Waals surface area contributed by atoms with Crippen molar-refractivity contribution in [2.45, 2.75) is 76.1 Å². The lowest BCUT2D eigenvalue weighted by Gasteiger charge is -2.41. The van der Waals surface area contributed by atoms with Gasteiger partial charge in [-0.1, -0.05) is 24.2 Å². The minimum absolute atomic E-state index is 0.0385. The number of benzene rings is 2. The lowest BCUT2D eigenvalue weighted by Crippen LogP contribution is -2.46. The summed E-state index contributed by atoms with van der Waals surface area (Å²) in [6, 6.07) is 12.3. The van der Waals surface area contributed by atoms with Crippen molar-refractivity contribution < 1.29 is 37.1 Å². The molecule has 1 N–H and O–H groups in total. The summed E-state index contributed by atoms with van der Waals surface area (Å²) in [6.45, 7) is 2.43. The van der Waals surface area contributed by atoms with E-state index in [2.05, 4.69) is 26.1 Å². The van der Waals surface area contributed by atoms with Crippen LogP contribution in [0.15, 0.2) is 47.0 Å². The second-order valence-electron chi connectivity index (χ2n) is 11.5. The van der Waals surface area contributed by atoms with Crippen molar-refractivity contribution >= 4 is 33.3 Å². The molecule has 1 saturated carbocycles. The molecule has 4 aromatic rings. The number of ether oxygens (including phenoxy) is 2. The molecule has 2 aromatic heterocycles. The quantitative estimate of drug-likeness (QED) is 0.224. The maximum absolute atomic E-state index is 13.1. The molecule has 0 spiro atoms. The van der Waals surface area contributed by atoms with Gasteiger partial charge in [0.05, 0.1) is 17.4 Å². The van der Waals surface area contributed by atoms with Crippen molar-refractivity contribution in [2.75, 3.05) is 4.90 Å². The molecule has 8 nitrogen and oxygen atoms in total. The minimum atomic E-state index is -4.83. The highest BCUT2D eigenvalue weighted by molar-refractivity contribution is 7.13. The highest BCUT2D eigenvalue weighted by Gasteiger charge is 2.46. The molecule has 0 radical (unpaired) electrons. The Kier molecular flexibility index (Phi) is 6.65. The number of hydrogen-bond donors (Lipinski definition) is 1. The van der Waals surface area contributed by atoms with Crippen molar-refractivity contribution in [2.24, 2.45) is 5.92 Å². The smallest absolute Gasteiger partial charge is 0.476 e. The number of carbonyl (C=O) groups is 1. The average Bonchev–Trinajstić information content (AvgIpc) is 3.49. The van der Waals surface area contributed by atoms with E-state index in [-0.39, 0.29) is 47.7 Å². The Morgan fingerprint density at radius 2 is 1.98 bits per heavy atom. The molecule has 4 atom stereocenters. The fourth-order valence-electron chi connectivity index (χ4n) is 6.67. The summed E-state index contributed by atoms with van der Waals surface area (Å²) < 4.78 is 60.8. The molecule has 12 heteroatoms. The van der Waals surface area contributed by atoms with Gasteiger partial charge in [-0.2, -0.15) is 4.37 Å². The van der Waals surface area contributed by atoms with Gasteiger partial charge in [-0.15, -0.1) is 13.2 Å². The summed E-state index contributed by atoms with van der Waals surface area (Å²) in [5.74, 6) is -0.0377. The minimum Gasteiger partial charge on any atom is -0.476 e. The highest BCUT2D eigenvalue weighted by atomic mass is 32.1. The molecule has 2 aliphatic heterocycles. The van der Waals surface area contributed by atoms with Crippen LogP contribution in [0.4, 0.5) is 18.9 Å². The fraction of sp³-hybridized carbons (Fsp3) is 0.433. The Hall–Kier alpha value is -3.64. The number of anilines is 1. The van der Waals surface area contributed by atoms with E-state index in [1.54, 1.807) is 12.1 Å². The molecule has 2 unspecified atom stereocenters. The molecule has 1 aliphatic carbocycles. The largest absolute Gasteiger partial charge is 0.573 e. The summed E-state index contributed by atoms with van der Waals surface area (Å²) in [5, 5.41) is 14.3. The SMILES string of the molecule is C[C@@H]1CC2C[C@H](OCc3c(-c4ccccc4OC(F)(F)F)noc3C3CC3)CC1N2c1ccc2c(C(=O)O)nsc2c1. The Bertz CT molecular complexity index is 1650. The van der Waals surface area contributed by atoms with Crippen LogP contribution in [-0.2, 0) is 11.3 Å². The number of halogens is 3. The number of para-hydroxylation sites is 1. The predicted octanol–water partition coefficient (Wildman–Crippen LogP) is 7.39. The second-order valence-corrected chi connectivity index (χ2v) is 12.3. The summed E-state index contributed by atoms with van der Waals surface area (Å²) >= 11 is 1.19. The molecule has 42 heavy (non-hydrogen) atoms. The first-order valence-electron chi connectivity index (χ1n) is 14.0. The van der Waals surface area contributed by atoms with Gasteiger partial charge in [0.25, 0.3) is 0 Å². The third-order valence-corrected chi connectivity index (χ3v) is 9.45. The first kappa shape index (κ1) is 27.2. The van der Waals surface area contributed by atoms with Gasteiger partial charge in [-0.25, -0.2) is 4.79 Å². The Morgan fingerprint density at radius 3 is 2.71 bits per heavy atom. The van der Waals surface area contributed by atoms with Crippen LogP contribution in [-0.4, -0.2) is 45.2 Å². The van der Waals surface area contributed by atoms with Gasteiger partial charge < -0.3 is 24.0 Å². The van der Waals surface area contributed by atoms with Crippen LogP contribution in [0.3, 0.4) is 0 Å². The fourth-order valence-corrected chi connectivity index (χ4v) is 7.47. The van der Waals surface area contributed by atoms with Gasteiger partial charge in [0.2, 0.25) is 0 Å². The van der Waals surface area contributed by atoms with Crippen LogP contribution >= 0.6 is 11.5 Å². The Balaban J connectivity index is 1.11. The van der Waals surface area contributed by atoms with Crippen molar-refractivity contribution in [3.05, 3.63) is 59.5 Å². The summed E-state index contributed by atoms with van der Waals surface area (Å²) in [4.78, 5) is 13.9. The summed E-state index contributed by atoms with van der Waals surface area (Å²) in [5.41, 5.74) is 2.36. The number of aromatic carboxylic acids is 1. The van der Waals surface area contributed by atoms with Crippen LogP contribution in [0, 0.1) is 5.92 Å². The Morgan fingerprint density at radius 1 is 1.17 bits per heavy atom. The first-order chi connectivity index (χ1) is 20.2. The number of carboxylic acid groups (broad SMARTS) is 1. The standard InChI is InChI=1S/C30H28F3N3O5S/c1-15-10-18-11-19(13-23(15)36(18)17-8-9-21-25(12-17)42-35-27(21)29(37)38)39-14-22-26(34-41-28(22)16-6-7-16)20-4-2-3-5-24(20)40-30(31,32)33/h2-5,8-9,12,15-16,18-19,23H,6-7,10-11,13-14H2,1H3,(H,37,38)/t15-,18?,19+,23?/m1/s1. The van der Waals surface area contributed by atoms with E-state index in [4.69, 9.17) is 9.26 Å². The number of rotatable bonds is 8. The van der Waals surface area contributed by atoms with E-state index >= 15 is 0 Å². The van der Waals surface area contributed by atoms with Crippen molar-refractivity contribution in [1.82, 2.24) is 9.53 Å². The number of carboxylic acids is 1. The zero-order chi connectivity index (χ0) is 29.2. The number of nitrogens with zero attached hydrogens (tertiary/aromatic N) is 3. The van der Waals surface area contributed by atoms with E-state index in [9.17, 15) is 23.1 Å². The van der Waals surface area contributed by atoms with Crippen LogP contribution < -0.4 is 9.64 Å². The predicted molar refractivity (Wildman–Crippen MR) is 149 cm³/mol. The number of aromatic nitrogens is 2. The molecule has 2 bridgehead atoms. The van der Waals surface area contributed by atoms with E-state index < -0.39 is 12.3 Å². The van der Waals surface area contributed by atoms with E-state index in [1.165, 1.54) is 23.7 Å². The Labute approximate surface area is 243 Å². The molecule has 3 fully saturated rings. The van der Waals surface area contributed by atoms with Crippen LogP contribution in [0.5, 0.6) is 5.75 Å². The number of piperidine rings is 1. The van der Waals surface area contributed by atoms with Gasteiger partial charge in [0.1, 0.15) is 17.2 Å². The molecule has 2 aromatic carbocycles. The lowest BCUT2D eigenvalue weighted by molar-refractivity contribution is -0.274. The highest BCUT2D eigenvalue weighted by Crippen LogP contribution is 2.47. The molecule has 3 aliphatic rings. The average molecular weight is 600 g/mol.